The minimum Gasteiger partial charge on any atom is -0.478 e. The summed E-state index contributed by atoms with van der Waals surface area (Å²) in [6, 6.07) is 7.98. The minimum absolute atomic E-state index is 0.0271. The van der Waals surface area contributed by atoms with Crippen molar-refractivity contribution in [1.29, 1.82) is 0 Å². The lowest BCUT2D eigenvalue weighted by atomic mass is 9.73. The molecule has 0 amide bonds. The third-order valence-electron chi connectivity index (χ3n) is 6.44. The van der Waals surface area contributed by atoms with Crippen molar-refractivity contribution >= 4 is 33.3 Å². The Hall–Kier alpha value is -4.05. The van der Waals surface area contributed by atoms with Crippen molar-refractivity contribution in [2.45, 2.75) is 31.1 Å². The van der Waals surface area contributed by atoms with Gasteiger partial charge in [0, 0.05) is 23.3 Å². The second-order valence-corrected chi connectivity index (χ2v) is 10.7. The number of aromatic carboxylic acids is 2. The number of benzene rings is 2. The molecule has 0 atom stereocenters. The van der Waals surface area contributed by atoms with Gasteiger partial charge in [0.1, 0.15) is 0 Å². The molecule has 4 rings (SSSR count). The van der Waals surface area contributed by atoms with E-state index in [2.05, 4.69) is 0 Å². The molecule has 186 valence electrons. The van der Waals surface area contributed by atoms with Gasteiger partial charge in [-0.2, -0.15) is 0 Å². The summed E-state index contributed by atoms with van der Waals surface area (Å²) in [7, 11) is -3.57. The summed E-state index contributed by atoms with van der Waals surface area (Å²) in [6.07, 6.45) is 4.03. The van der Waals surface area contributed by atoms with Crippen LogP contribution < -0.4 is 0 Å². The molecule has 3 aromatic rings. The summed E-state index contributed by atoms with van der Waals surface area (Å²) < 4.78 is 29.1. The zero-order valence-electron chi connectivity index (χ0n) is 19.4. The van der Waals surface area contributed by atoms with E-state index in [-0.39, 0.29) is 32.9 Å². The van der Waals surface area contributed by atoms with Gasteiger partial charge in [-0.1, -0.05) is 18.6 Å². The topological polar surface area (TPSA) is 156 Å². The van der Waals surface area contributed by atoms with Crippen molar-refractivity contribution in [2.24, 2.45) is 5.92 Å². The largest absolute Gasteiger partial charge is 0.478 e. The Labute approximate surface area is 206 Å². The van der Waals surface area contributed by atoms with E-state index in [4.69, 9.17) is 4.42 Å². The summed E-state index contributed by atoms with van der Waals surface area (Å²) in [5, 5.41) is 20.2. The molecule has 0 bridgehead atoms. The van der Waals surface area contributed by atoms with Crippen LogP contribution in [-0.2, 0) is 9.84 Å². The zero-order valence-corrected chi connectivity index (χ0v) is 20.2. The summed E-state index contributed by atoms with van der Waals surface area (Å²) in [4.78, 5) is 52.1. The van der Waals surface area contributed by atoms with Crippen LogP contribution in [0.3, 0.4) is 0 Å². The number of rotatable bonds is 8. The van der Waals surface area contributed by atoms with Crippen LogP contribution in [0.4, 0.5) is 0 Å². The monoisotopic (exact) mass is 510 g/mol. The number of carbonyl (C=O) groups excluding carboxylic acids is 2. The summed E-state index contributed by atoms with van der Waals surface area (Å²) in [6.45, 7) is 1.26. The third-order valence-corrected chi connectivity index (χ3v) is 7.57. The first-order valence-corrected chi connectivity index (χ1v) is 12.9. The molecule has 1 fully saturated rings. The lowest BCUT2D eigenvalue weighted by Crippen LogP contribution is -2.28. The third kappa shape index (κ3) is 4.24. The molecule has 1 aromatic heterocycles. The number of carboxylic acids is 2. The van der Waals surface area contributed by atoms with Gasteiger partial charge in [-0.05, 0) is 55.2 Å². The first-order chi connectivity index (χ1) is 16.9. The van der Waals surface area contributed by atoms with Gasteiger partial charge in [0.2, 0.25) is 5.78 Å². The maximum Gasteiger partial charge on any atom is 0.336 e. The van der Waals surface area contributed by atoms with E-state index < -0.39 is 56.0 Å². The Balaban J connectivity index is 2.17. The number of ketones is 2. The fourth-order valence-corrected chi connectivity index (χ4v) is 5.08. The van der Waals surface area contributed by atoms with Crippen molar-refractivity contribution in [2.75, 3.05) is 6.26 Å². The molecule has 1 aliphatic carbocycles. The first kappa shape index (κ1) is 25.1. The van der Waals surface area contributed by atoms with Crippen LogP contribution in [0.2, 0.25) is 0 Å². The molecule has 1 aliphatic rings. The van der Waals surface area contributed by atoms with E-state index in [1.165, 1.54) is 49.6 Å². The molecule has 0 saturated heterocycles. The second-order valence-electron chi connectivity index (χ2n) is 8.71. The van der Waals surface area contributed by atoms with Crippen LogP contribution in [0, 0.1) is 12.8 Å². The van der Waals surface area contributed by atoms with Crippen LogP contribution in [0.15, 0.2) is 52.0 Å². The quantitative estimate of drug-likeness (QED) is 0.422. The number of carboxylic acid groups (broad SMARTS) is 2. The number of carbonyl (C=O) groups is 4. The molecule has 1 saturated carbocycles. The smallest absolute Gasteiger partial charge is 0.336 e. The lowest BCUT2D eigenvalue weighted by Gasteiger charge is -2.28. The average molecular weight is 511 g/mol. The van der Waals surface area contributed by atoms with E-state index in [0.29, 0.717) is 12.8 Å². The molecule has 36 heavy (non-hydrogen) atoms. The number of sulfone groups is 1. The van der Waals surface area contributed by atoms with Crippen LogP contribution >= 0.6 is 0 Å². The second kappa shape index (κ2) is 9.19. The van der Waals surface area contributed by atoms with Crippen LogP contribution in [0.25, 0.3) is 11.1 Å². The normalized spacial score (nSPS) is 13.7. The van der Waals surface area contributed by atoms with E-state index in [9.17, 15) is 37.8 Å². The summed E-state index contributed by atoms with van der Waals surface area (Å²) >= 11 is 0. The Morgan fingerprint density at radius 2 is 1.50 bits per heavy atom. The summed E-state index contributed by atoms with van der Waals surface area (Å²) in [5.41, 5.74) is -1.97. The van der Waals surface area contributed by atoms with Gasteiger partial charge < -0.3 is 14.6 Å². The predicted molar refractivity (Wildman–Crippen MR) is 127 cm³/mol. The molecule has 2 aromatic carbocycles. The van der Waals surface area contributed by atoms with E-state index in [1.807, 2.05) is 0 Å². The van der Waals surface area contributed by atoms with Gasteiger partial charge in [-0.15, -0.1) is 0 Å². The minimum atomic E-state index is -3.57. The number of furan rings is 1. The van der Waals surface area contributed by atoms with Gasteiger partial charge >= 0.3 is 11.9 Å². The van der Waals surface area contributed by atoms with Crippen LogP contribution in [0.5, 0.6) is 0 Å². The Bertz CT molecular complexity index is 1510. The Morgan fingerprint density at radius 3 is 1.94 bits per heavy atom. The Morgan fingerprint density at radius 1 is 0.889 bits per heavy atom. The van der Waals surface area contributed by atoms with Gasteiger partial charge in [0.05, 0.1) is 27.8 Å². The molecule has 0 aliphatic heterocycles. The number of hydrogen-bond acceptors (Lipinski definition) is 7. The van der Waals surface area contributed by atoms with Crippen molar-refractivity contribution in [3.05, 3.63) is 76.2 Å². The molecule has 1 heterocycles. The van der Waals surface area contributed by atoms with Crippen LogP contribution in [-0.4, -0.2) is 48.4 Å². The van der Waals surface area contributed by atoms with Crippen molar-refractivity contribution in [1.82, 2.24) is 0 Å². The van der Waals surface area contributed by atoms with Crippen molar-refractivity contribution in [3.8, 4) is 11.1 Å². The highest BCUT2D eigenvalue weighted by Gasteiger charge is 2.39. The first-order valence-electron chi connectivity index (χ1n) is 11.0. The highest BCUT2D eigenvalue weighted by atomic mass is 32.2. The molecule has 0 unspecified atom stereocenters. The molecule has 10 heteroatoms. The van der Waals surface area contributed by atoms with Crippen LogP contribution in [0.1, 0.15) is 72.0 Å². The molecule has 0 radical (unpaired) electrons. The van der Waals surface area contributed by atoms with Gasteiger partial charge in [0.25, 0.3) is 0 Å². The maximum atomic E-state index is 13.7. The molecular weight excluding hydrogens is 488 g/mol. The predicted octanol–water partition coefficient (Wildman–Crippen LogP) is 4.27. The van der Waals surface area contributed by atoms with E-state index in [1.54, 1.807) is 0 Å². The molecule has 0 spiro atoms. The van der Waals surface area contributed by atoms with Gasteiger partial charge in [-0.3, -0.25) is 9.59 Å². The highest BCUT2D eigenvalue weighted by molar-refractivity contribution is 7.90. The fraction of sp³-hybridized carbons (Fsp3) is 0.231. The zero-order chi connectivity index (χ0) is 26.4. The Kier molecular flexibility index (Phi) is 6.40. The molecular formula is C26H22O9S. The molecule has 9 nitrogen and oxygen atoms in total. The standard InChI is InChI=1S/C26H22O9S/c1-13-18(25(29)30)20(14-8-10-16(11-9-14)36(2,33)34)22(23(27)15-5-3-6-15)21(19(13)26(31)32)24(28)17-7-4-12-35-17/h4,7-12,15H,3,5-6H2,1-2H3,(H,29,30)(H,31,32). The van der Waals surface area contributed by atoms with E-state index in [0.717, 1.165) is 12.7 Å². The van der Waals surface area contributed by atoms with Crippen molar-refractivity contribution < 1.29 is 42.2 Å². The van der Waals surface area contributed by atoms with Gasteiger partial charge in [-0.25, -0.2) is 18.0 Å². The summed E-state index contributed by atoms with van der Waals surface area (Å²) in [5.74, 6) is -5.17. The SMILES string of the molecule is Cc1c(C(=O)O)c(C(=O)c2ccco2)c(C(=O)C2CCC2)c(-c2ccc(S(C)(=O)=O)cc2)c1C(=O)O. The van der Waals surface area contributed by atoms with Gasteiger partial charge in [0.15, 0.2) is 21.4 Å². The maximum absolute atomic E-state index is 13.7. The highest BCUT2D eigenvalue weighted by Crippen LogP contribution is 2.41. The average Bonchev–Trinajstić information content (AvgIpc) is 3.30. The van der Waals surface area contributed by atoms with Crippen molar-refractivity contribution in [3.63, 3.8) is 0 Å². The number of Topliss-reactive ketones (excluding diaryl/α,β-unsaturated/α-hetero) is 1. The lowest BCUT2D eigenvalue weighted by molar-refractivity contribution is 0.0691. The fourth-order valence-electron chi connectivity index (χ4n) is 4.45. The van der Waals surface area contributed by atoms with E-state index >= 15 is 0 Å². The molecule has 2 N–H and O–H groups in total. The number of hydrogen-bond donors (Lipinski definition) is 2.